The van der Waals surface area contributed by atoms with E-state index in [9.17, 15) is 34.7 Å². The minimum absolute atomic E-state index is 0.0576. The maximum atomic E-state index is 12.0. The summed E-state index contributed by atoms with van der Waals surface area (Å²) in [5, 5.41) is 30.5. The number of nitro benzene ring substituents is 1. The number of aliphatic carboxylic acids is 2. The number of halogens is 1. The van der Waals surface area contributed by atoms with E-state index >= 15 is 0 Å². The summed E-state index contributed by atoms with van der Waals surface area (Å²) in [6.45, 7) is 5.12. The number of hydrogen-bond donors (Lipinski definition) is 2. The molecule has 136 valence electrons. The van der Waals surface area contributed by atoms with Crippen molar-refractivity contribution in [3.05, 3.63) is 38.9 Å². The summed E-state index contributed by atoms with van der Waals surface area (Å²) in [5.41, 5.74) is -4.34. The van der Waals surface area contributed by atoms with Gasteiger partial charge in [-0.2, -0.15) is 0 Å². The van der Waals surface area contributed by atoms with E-state index in [1.54, 1.807) is 0 Å². The fraction of sp³-hybridized carbons (Fsp3) is 0.438. The van der Waals surface area contributed by atoms with Gasteiger partial charge in [0.15, 0.2) is 5.78 Å². The van der Waals surface area contributed by atoms with Crippen LogP contribution in [0.1, 0.15) is 49.2 Å². The number of carbonyl (C=O) groups excluding carboxylic acids is 1. The van der Waals surface area contributed by atoms with E-state index in [2.05, 4.69) is 15.9 Å². The van der Waals surface area contributed by atoms with Crippen molar-refractivity contribution in [2.75, 3.05) is 5.33 Å². The van der Waals surface area contributed by atoms with E-state index in [1.807, 2.05) is 0 Å². The Kier molecular flexibility index (Phi) is 5.74. The molecule has 0 aromatic heterocycles. The number of nitrogens with zero attached hydrogens (tertiary/aromatic N) is 1. The SMILES string of the molecule is CC(C)(C(=O)O)c1cc(C(=O)CBr)cc([N+](=O)[O-])c1C(C)(C)C(=O)O. The Bertz CT molecular complexity index is 768. The highest BCUT2D eigenvalue weighted by molar-refractivity contribution is 9.09. The molecule has 25 heavy (non-hydrogen) atoms. The molecule has 0 bridgehead atoms. The molecule has 0 aliphatic rings. The number of Topliss-reactive ketones (excluding diaryl/α,β-unsaturated/α-hetero) is 1. The normalized spacial score (nSPS) is 11.9. The summed E-state index contributed by atoms with van der Waals surface area (Å²) >= 11 is 2.97. The van der Waals surface area contributed by atoms with Crippen LogP contribution in [-0.4, -0.2) is 38.2 Å². The largest absolute Gasteiger partial charge is 0.481 e. The van der Waals surface area contributed by atoms with Gasteiger partial charge in [0.1, 0.15) is 0 Å². The number of benzene rings is 1. The topological polar surface area (TPSA) is 135 Å². The zero-order valence-corrected chi connectivity index (χ0v) is 15.7. The second-order valence-corrected chi connectivity index (χ2v) is 7.15. The molecule has 0 spiro atoms. The van der Waals surface area contributed by atoms with Crippen molar-refractivity contribution in [3.8, 4) is 0 Å². The number of rotatable bonds is 7. The average Bonchev–Trinajstić information content (AvgIpc) is 2.52. The van der Waals surface area contributed by atoms with E-state index < -0.39 is 39.2 Å². The molecule has 0 radical (unpaired) electrons. The quantitative estimate of drug-likeness (QED) is 0.302. The summed E-state index contributed by atoms with van der Waals surface area (Å²) in [7, 11) is 0. The van der Waals surface area contributed by atoms with Crippen LogP contribution in [0, 0.1) is 10.1 Å². The van der Waals surface area contributed by atoms with Gasteiger partial charge in [0.25, 0.3) is 5.69 Å². The Hall–Kier alpha value is -2.29. The first-order chi connectivity index (χ1) is 11.3. The van der Waals surface area contributed by atoms with Crippen molar-refractivity contribution in [3.63, 3.8) is 0 Å². The predicted molar refractivity (Wildman–Crippen MR) is 92.5 cm³/mol. The highest BCUT2D eigenvalue weighted by Gasteiger charge is 2.44. The molecule has 1 aromatic rings. The van der Waals surface area contributed by atoms with Crippen molar-refractivity contribution in [2.45, 2.75) is 38.5 Å². The van der Waals surface area contributed by atoms with Crippen LogP contribution in [0.25, 0.3) is 0 Å². The van der Waals surface area contributed by atoms with Crippen molar-refractivity contribution < 1.29 is 29.5 Å². The van der Waals surface area contributed by atoms with E-state index in [0.717, 1.165) is 6.07 Å². The van der Waals surface area contributed by atoms with Crippen molar-refractivity contribution in [1.29, 1.82) is 0 Å². The lowest BCUT2D eigenvalue weighted by molar-refractivity contribution is -0.386. The number of ketones is 1. The first-order valence-corrected chi connectivity index (χ1v) is 8.30. The second-order valence-electron chi connectivity index (χ2n) is 6.59. The summed E-state index contributed by atoms with van der Waals surface area (Å²) in [6.07, 6.45) is 0. The van der Waals surface area contributed by atoms with Crippen LogP contribution in [0.15, 0.2) is 12.1 Å². The van der Waals surface area contributed by atoms with E-state index in [0.29, 0.717) is 0 Å². The molecule has 0 atom stereocenters. The molecule has 0 aliphatic heterocycles. The van der Waals surface area contributed by atoms with Crippen LogP contribution in [0.3, 0.4) is 0 Å². The second kappa shape index (κ2) is 6.91. The molecule has 2 N–H and O–H groups in total. The van der Waals surface area contributed by atoms with Crippen LogP contribution in [0.2, 0.25) is 0 Å². The molecule has 0 unspecified atom stereocenters. The van der Waals surface area contributed by atoms with Crippen molar-refractivity contribution >= 4 is 39.3 Å². The number of carbonyl (C=O) groups is 3. The monoisotopic (exact) mass is 415 g/mol. The van der Waals surface area contributed by atoms with Crippen LogP contribution in [0.5, 0.6) is 0 Å². The van der Waals surface area contributed by atoms with Gasteiger partial charge in [-0.15, -0.1) is 0 Å². The van der Waals surface area contributed by atoms with Gasteiger partial charge in [0.2, 0.25) is 0 Å². The van der Waals surface area contributed by atoms with Gasteiger partial charge in [-0.3, -0.25) is 24.5 Å². The minimum Gasteiger partial charge on any atom is -0.481 e. The lowest BCUT2D eigenvalue weighted by Crippen LogP contribution is -2.37. The molecule has 0 aliphatic carbocycles. The van der Waals surface area contributed by atoms with Gasteiger partial charge < -0.3 is 10.2 Å². The van der Waals surface area contributed by atoms with Crippen molar-refractivity contribution in [2.24, 2.45) is 0 Å². The summed E-state index contributed by atoms with van der Waals surface area (Å²) in [6, 6.07) is 2.22. The van der Waals surface area contributed by atoms with Gasteiger partial charge in [-0.05, 0) is 39.3 Å². The fourth-order valence-electron chi connectivity index (χ4n) is 2.38. The van der Waals surface area contributed by atoms with Gasteiger partial charge in [-0.1, -0.05) is 15.9 Å². The molecule has 0 fully saturated rings. The van der Waals surface area contributed by atoms with Crippen LogP contribution in [-0.2, 0) is 20.4 Å². The number of carboxylic acids is 2. The number of nitro groups is 1. The van der Waals surface area contributed by atoms with Gasteiger partial charge >= 0.3 is 11.9 Å². The van der Waals surface area contributed by atoms with Crippen LogP contribution < -0.4 is 0 Å². The molecular weight excluding hydrogens is 398 g/mol. The molecular formula is C16H18BrNO7. The Morgan fingerprint density at radius 1 is 1.08 bits per heavy atom. The first-order valence-electron chi connectivity index (χ1n) is 7.17. The van der Waals surface area contributed by atoms with E-state index in [4.69, 9.17) is 0 Å². The third-order valence-corrected chi connectivity index (χ3v) is 4.63. The zero-order chi connectivity index (χ0) is 19.7. The highest BCUT2D eigenvalue weighted by atomic mass is 79.9. The predicted octanol–water partition coefficient (Wildman–Crippen LogP) is 2.90. The fourth-order valence-corrected chi connectivity index (χ4v) is 2.70. The first kappa shape index (κ1) is 20.8. The molecule has 9 heteroatoms. The summed E-state index contributed by atoms with van der Waals surface area (Å²) < 4.78 is 0. The van der Waals surface area contributed by atoms with Gasteiger partial charge in [-0.25, -0.2) is 0 Å². The number of carboxylic acid groups (broad SMARTS) is 2. The Morgan fingerprint density at radius 2 is 1.56 bits per heavy atom. The lowest BCUT2D eigenvalue weighted by Gasteiger charge is -2.29. The van der Waals surface area contributed by atoms with E-state index in [1.165, 1.54) is 33.8 Å². The Labute approximate surface area is 152 Å². The highest BCUT2D eigenvalue weighted by Crippen LogP contribution is 2.41. The Morgan fingerprint density at radius 3 is 1.92 bits per heavy atom. The summed E-state index contributed by atoms with van der Waals surface area (Å²) in [5.74, 6) is -3.13. The molecule has 0 heterocycles. The van der Waals surface area contributed by atoms with Crippen LogP contribution in [0.4, 0.5) is 5.69 Å². The third-order valence-electron chi connectivity index (χ3n) is 4.13. The average molecular weight is 416 g/mol. The lowest BCUT2D eigenvalue weighted by atomic mass is 9.72. The molecule has 0 amide bonds. The number of alkyl halides is 1. The standard InChI is InChI=1S/C16H18BrNO7/c1-15(2,13(20)21)9-5-8(11(19)7-17)6-10(18(24)25)12(9)16(3,4)14(22)23/h5-6H,7H2,1-4H3,(H,20,21)(H,22,23). The van der Waals surface area contributed by atoms with Gasteiger partial charge in [0.05, 0.1) is 26.6 Å². The van der Waals surface area contributed by atoms with Crippen molar-refractivity contribution in [1.82, 2.24) is 0 Å². The molecule has 8 nitrogen and oxygen atoms in total. The maximum absolute atomic E-state index is 12.0. The number of hydrogen-bond acceptors (Lipinski definition) is 5. The van der Waals surface area contributed by atoms with Gasteiger partial charge in [0, 0.05) is 11.6 Å². The van der Waals surface area contributed by atoms with Crippen LogP contribution >= 0.6 is 15.9 Å². The van der Waals surface area contributed by atoms with E-state index in [-0.39, 0.29) is 22.0 Å². The smallest absolute Gasteiger partial charge is 0.313 e. The third kappa shape index (κ3) is 3.71. The molecule has 1 aromatic carbocycles. The molecule has 0 saturated heterocycles. The summed E-state index contributed by atoms with van der Waals surface area (Å²) in [4.78, 5) is 46.1. The maximum Gasteiger partial charge on any atom is 0.313 e. The molecule has 0 saturated carbocycles. The molecule has 1 rings (SSSR count). The minimum atomic E-state index is -1.74. The zero-order valence-electron chi connectivity index (χ0n) is 14.1. The Balaban J connectivity index is 4.08.